The minimum Gasteiger partial charge on any atom is -0.335 e. The SMILES string of the molecule is CC(C)(C)NC(=O)N1CCC2(CC1)Cc1cc(/C=C/C(=O)N3CC=C(Cc4nccs4)CC3)cnc1NC2=O. The molecule has 10 heteroatoms. The number of aromatic nitrogens is 2. The molecule has 3 aliphatic rings. The Hall–Kier alpha value is -3.53. The first kappa shape index (κ1) is 27.1. The summed E-state index contributed by atoms with van der Waals surface area (Å²) in [5.41, 5.74) is 2.26. The molecule has 2 aromatic rings. The van der Waals surface area contributed by atoms with Gasteiger partial charge in [0.05, 0.1) is 10.4 Å². The number of hydrogen-bond donors (Lipinski definition) is 2. The van der Waals surface area contributed by atoms with Gasteiger partial charge in [0.2, 0.25) is 11.8 Å². The smallest absolute Gasteiger partial charge is 0.317 e. The number of rotatable bonds is 4. The van der Waals surface area contributed by atoms with Gasteiger partial charge in [0, 0.05) is 62.0 Å². The molecule has 0 bridgehead atoms. The van der Waals surface area contributed by atoms with Crippen molar-refractivity contribution in [2.75, 3.05) is 31.5 Å². The fourth-order valence-electron chi connectivity index (χ4n) is 5.37. The third kappa shape index (κ3) is 6.38. The van der Waals surface area contributed by atoms with Crippen molar-refractivity contribution in [3.63, 3.8) is 0 Å². The Bertz CT molecular complexity index is 1300. The maximum atomic E-state index is 13.1. The molecule has 206 valence electrons. The summed E-state index contributed by atoms with van der Waals surface area (Å²) in [5.74, 6) is 0.531. The van der Waals surface area contributed by atoms with Crippen LogP contribution in [0.1, 0.15) is 56.2 Å². The van der Waals surface area contributed by atoms with Gasteiger partial charge in [-0.1, -0.05) is 11.6 Å². The number of fused-ring (bicyclic) bond motifs is 1. The highest BCUT2D eigenvalue weighted by Gasteiger charge is 2.45. The van der Waals surface area contributed by atoms with Crippen LogP contribution in [0, 0.1) is 5.41 Å². The second-order valence-corrected chi connectivity index (χ2v) is 12.7. The highest BCUT2D eigenvalue weighted by Crippen LogP contribution is 2.41. The summed E-state index contributed by atoms with van der Waals surface area (Å²) in [6.45, 7) is 8.23. The molecular formula is C29H36N6O3S. The highest BCUT2D eigenvalue weighted by atomic mass is 32.1. The average Bonchev–Trinajstić information content (AvgIpc) is 3.41. The summed E-state index contributed by atoms with van der Waals surface area (Å²) < 4.78 is 0. The van der Waals surface area contributed by atoms with Crippen molar-refractivity contribution in [1.82, 2.24) is 25.1 Å². The molecule has 0 aliphatic carbocycles. The van der Waals surface area contributed by atoms with Crippen LogP contribution in [-0.4, -0.2) is 69.3 Å². The number of nitrogens with zero attached hydrogens (tertiary/aromatic N) is 4. The van der Waals surface area contributed by atoms with E-state index in [9.17, 15) is 14.4 Å². The van der Waals surface area contributed by atoms with Crippen molar-refractivity contribution in [3.8, 4) is 0 Å². The van der Waals surface area contributed by atoms with Gasteiger partial charge in [-0.05, 0) is 69.7 Å². The van der Waals surface area contributed by atoms with E-state index in [0.29, 0.717) is 51.3 Å². The molecule has 1 saturated heterocycles. The summed E-state index contributed by atoms with van der Waals surface area (Å²) in [7, 11) is 0. The second-order valence-electron chi connectivity index (χ2n) is 11.7. The fourth-order valence-corrected chi connectivity index (χ4v) is 6.04. The lowest BCUT2D eigenvalue weighted by Crippen LogP contribution is -2.55. The lowest BCUT2D eigenvalue weighted by Gasteiger charge is -2.43. The largest absolute Gasteiger partial charge is 0.335 e. The first-order valence-corrected chi connectivity index (χ1v) is 14.4. The van der Waals surface area contributed by atoms with Gasteiger partial charge in [-0.3, -0.25) is 9.59 Å². The molecule has 1 fully saturated rings. The molecule has 0 saturated carbocycles. The molecule has 5 heterocycles. The Morgan fingerprint density at radius 3 is 2.64 bits per heavy atom. The summed E-state index contributed by atoms with van der Waals surface area (Å²) in [5, 5.41) is 9.09. The van der Waals surface area contributed by atoms with E-state index in [1.54, 1.807) is 34.6 Å². The number of amides is 4. The third-order valence-corrected chi connectivity index (χ3v) is 8.39. The van der Waals surface area contributed by atoms with Crippen LogP contribution in [0.2, 0.25) is 0 Å². The van der Waals surface area contributed by atoms with E-state index in [1.807, 2.05) is 43.3 Å². The van der Waals surface area contributed by atoms with Crippen molar-refractivity contribution in [1.29, 1.82) is 0 Å². The summed E-state index contributed by atoms with van der Waals surface area (Å²) in [6, 6.07) is 1.92. The van der Waals surface area contributed by atoms with Crippen LogP contribution in [0.15, 0.2) is 41.6 Å². The van der Waals surface area contributed by atoms with Crippen LogP contribution >= 0.6 is 11.3 Å². The molecule has 3 aliphatic heterocycles. The predicted molar refractivity (Wildman–Crippen MR) is 152 cm³/mol. The van der Waals surface area contributed by atoms with Crippen LogP contribution in [0.3, 0.4) is 0 Å². The van der Waals surface area contributed by atoms with Crippen LogP contribution in [-0.2, 0) is 22.4 Å². The summed E-state index contributed by atoms with van der Waals surface area (Å²) in [4.78, 5) is 51.0. The van der Waals surface area contributed by atoms with Crippen molar-refractivity contribution in [3.05, 3.63) is 57.7 Å². The van der Waals surface area contributed by atoms with Crippen molar-refractivity contribution in [2.24, 2.45) is 5.41 Å². The van der Waals surface area contributed by atoms with Crippen LogP contribution in [0.5, 0.6) is 0 Å². The standard InChI is InChI=1S/C29H36N6O3S/c1-28(2,3)33-27(38)35-13-8-29(9-14-35)18-22-16-21(19-31-25(22)32-26(29)37)4-5-24(36)34-11-6-20(7-12-34)17-23-30-10-15-39-23/h4-6,10,15-16,19H,7-9,11-14,17-18H2,1-3H3,(H,33,38)(H,31,32,37)/b5-4+. The van der Waals surface area contributed by atoms with E-state index in [2.05, 4.69) is 26.7 Å². The van der Waals surface area contributed by atoms with E-state index < -0.39 is 5.41 Å². The molecule has 39 heavy (non-hydrogen) atoms. The number of urea groups is 1. The molecule has 0 unspecified atom stereocenters. The molecule has 1 spiro atoms. The Morgan fingerprint density at radius 2 is 1.97 bits per heavy atom. The van der Waals surface area contributed by atoms with Crippen molar-refractivity contribution in [2.45, 2.75) is 58.4 Å². The van der Waals surface area contributed by atoms with E-state index in [4.69, 9.17) is 0 Å². The van der Waals surface area contributed by atoms with Gasteiger partial charge < -0.3 is 20.4 Å². The van der Waals surface area contributed by atoms with Gasteiger partial charge in [-0.2, -0.15) is 0 Å². The molecule has 4 amide bonds. The predicted octanol–water partition coefficient (Wildman–Crippen LogP) is 4.04. The molecule has 9 nitrogen and oxygen atoms in total. The summed E-state index contributed by atoms with van der Waals surface area (Å²) in [6.07, 6.45) is 12.5. The number of hydrogen-bond acceptors (Lipinski definition) is 6. The zero-order valence-electron chi connectivity index (χ0n) is 22.8. The fraction of sp³-hybridized carbons (Fsp3) is 0.483. The van der Waals surface area contributed by atoms with Gasteiger partial charge in [-0.25, -0.2) is 14.8 Å². The van der Waals surface area contributed by atoms with E-state index in [-0.39, 0.29) is 23.4 Å². The number of anilines is 1. The Balaban J connectivity index is 1.19. The number of carbonyl (C=O) groups is 3. The van der Waals surface area contributed by atoms with Gasteiger partial charge in [0.25, 0.3) is 0 Å². The van der Waals surface area contributed by atoms with Crippen LogP contribution in [0.4, 0.5) is 10.6 Å². The number of thiazole rings is 1. The minimum atomic E-state index is -0.554. The maximum absolute atomic E-state index is 13.1. The van der Waals surface area contributed by atoms with Gasteiger partial charge >= 0.3 is 6.03 Å². The molecule has 5 rings (SSSR count). The van der Waals surface area contributed by atoms with E-state index >= 15 is 0 Å². The lowest BCUT2D eigenvalue weighted by atomic mass is 9.71. The molecule has 0 aromatic carbocycles. The van der Waals surface area contributed by atoms with Crippen molar-refractivity contribution < 1.29 is 14.4 Å². The second kappa shape index (κ2) is 10.9. The monoisotopic (exact) mass is 548 g/mol. The number of pyridine rings is 1. The van der Waals surface area contributed by atoms with Gasteiger partial charge in [0.1, 0.15) is 5.82 Å². The minimum absolute atomic E-state index is 0.0239. The normalized spacial score (nSPS) is 19.1. The zero-order chi connectivity index (χ0) is 27.6. The number of likely N-dealkylation sites (tertiary alicyclic amines) is 1. The molecule has 2 N–H and O–H groups in total. The molecular weight excluding hydrogens is 512 g/mol. The molecule has 0 atom stereocenters. The third-order valence-electron chi connectivity index (χ3n) is 7.61. The van der Waals surface area contributed by atoms with Crippen LogP contribution in [0.25, 0.3) is 6.08 Å². The van der Waals surface area contributed by atoms with E-state index in [0.717, 1.165) is 29.0 Å². The Labute approximate surface area is 233 Å². The zero-order valence-corrected chi connectivity index (χ0v) is 23.6. The first-order valence-electron chi connectivity index (χ1n) is 13.5. The number of nitrogens with one attached hydrogen (secondary N) is 2. The highest BCUT2D eigenvalue weighted by molar-refractivity contribution is 7.09. The number of carbonyl (C=O) groups excluding carboxylic acids is 3. The average molecular weight is 549 g/mol. The lowest BCUT2D eigenvalue weighted by molar-refractivity contribution is -0.128. The van der Waals surface area contributed by atoms with Crippen molar-refractivity contribution >= 4 is 41.1 Å². The van der Waals surface area contributed by atoms with Gasteiger partial charge in [0.15, 0.2) is 0 Å². The number of piperidine rings is 1. The maximum Gasteiger partial charge on any atom is 0.317 e. The quantitative estimate of drug-likeness (QED) is 0.443. The van der Waals surface area contributed by atoms with Gasteiger partial charge in [-0.15, -0.1) is 11.3 Å². The Morgan fingerprint density at radius 1 is 1.18 bits per heavy atom. The molecule has 2 aromatic heterocycles. The topological polar surface area (TPSA) is 108 Å². The summed E-state index contributed by atoms with van der Waals surface area (Å²) >= 11 is 1.66. The van der Waals surface area contributed by atoms with Crippen LogP contribution < -0.4 is 10.6 Å². The molecule has 0 radical (unpaired) electrons. The first-order chi connectivity index (χ1) is 18.6. The Kier molecular flexibility index (Phi) is 7.57. The van der Waals surface area contributed by atoms with E-state index in [1.165, 1.54) is 5.57 Å².